The van der Waals surface area contributed by atoms with Gasteiger partial charge in [-0.1, -0.05) is 62.4 Å². The third kappa shape index (κ3) is 5.54. The van der Waals surface area contributed by atoms with Crippen LogP contribution < -0.4 is 10.2 Å². The number of para-hydroxylation sites is 1. The first-order chi connectivity index (χ1) is 11.6. The predicted molar refractivity (Wildman–Crippen MR) is 96.5 cm³/mol. The van der Waals surface area contributed by atoms with E-state index in [0.29, 0.717) is 13.0 Å². The van der Waals surface area contributed by atoms with E-state index in [0.717, 1.165) is 11.3 Å². The monoisotopic (exact) mass is 324 g/mol. The van der Waals surface area contributed by atoms with Gasteiger partial charge >= 0.3 is 0 Å². The van der Waals surface area contributed by atoms with Crippen LogP contribution >= 0.6 is 0 Å². The Morgan fingerprint density at radius 2 is 1.54 bits per heavy atom. The maximum absolute atomic E-state index is 12.6. The van der Waals surface area contributed by atoms with Gasteiger partial charge < -0.3 is 10.2 Å². The van der Waals surface area contributed by atoms with Gasteiger partial charge in [0, 0.05) is 12.1 Å². The average Bonchev–Trinajstić information content (AvgIpc) is 2.58. The van der Waals surface area contributed by atoms with Crippen LogP contribution in [0.3, 0.4) is 0 Å². The van der Waals surface area contributed by atoms with Gasteiger partial charge in [0.15, 0.2) is 0 Å². The van der Waals surface area contributed by atoms with Gasteiger partial charge in [-0.25, -0.2) is 0 Å². The second-order valence-corrected chi connectivity index (χ2v) is 6.18. The fourth-order valence-electron chi connectivity index (χ4n) is 2.41. The number of hydrogen-bond acceptors (Lipinski definition) is 2. The van der Waals surface area contributed by atoms with E-state index in [1.165, 1.54) is 0 Å². The van der Waals surface area contributed by atoms with E-state index >= 15 is 0 Å². The van der Waals surface area contributed by atoms with E-state index in [2.05, 4.69) is 5.32 Å². The van der Waals surface area contributed by atoms with Crippen molar-refractivity contribution >= 4 is 17.5 Å². The summed E-state index contributed by atoms with van der Waals surface area (Å²) >= 11 is 0. The van der Waals surface area contributed by atoms with Crippen molar-refractivity contribution in [3.63, 3.8) is 0 Å². The molecule has 0 saturated carbocycles. The van der Waals surface area contributed by atoms with Crippen molar-refractivity contribution in [2.45, 2.75) is 26.8 Å². The molecule has 2 aromatic carbocycles. The molecule has 2 aromatic rings. The number of benzene rings is 2. The minimum absolute atomic E-state index is 0.00722. The third-order valence-corrected chi connectivity index (χ3v) is 3.58. The van der Waals surface area contributed by atoms with Crippen LogP contribution in [0.25, 0.3) is 0 Å². The normalized spacial score (nSPS) is 10.5. The summed E-state index contributed by atoms with van der Waals surface area (Å²) in [6.07, 6.45) is 0.428. The Hall–Kier alpha value is -2.62. The first-order valence-corrected chi connectivity index (χ1v) is 8.22. The molecular weight excluding hydrogens is 300 g/mol. The molecule has 126 valence electrons. The molecule has 0 bridgehead atoms. The van der Waals surface area contributed by atoms with Crippen molar-refractivity contribution in [3.8, 4) is 0 Å². The topological polar surface area (TPSA) is 49.4 Å². The summed E-state index contributed by atoms with van der Waals surface area (Å²) in [5.41, 5.74) is 1.87. The Bertz CT molecular complexity index is 654. The van der Waals surface area contributed by atoms with Crippen molar-refractivity contribution in [2.24, 2.45) is 5.92 Å². The minimum atomic E-state index is -0.123. The van der Waals surface area contributed by atoms with Gasteiger partial charge in [0.05, 0.1) is 13.1 Å². The van der Waals surface area contributed by atoms with Gasteiger partial charge in [0.25, 0.3) is 0 Å². The lowest BCUT2D eigenvalue weighted by Gasteiger charge is -2.23. The van der Waals surface area contributed by atoms with Crippen molar-refractivity contribution in [1.29, 1.82) is 0 Å². The Morgan fingerprint density at radius 1 is 0.958 bits per heavy atom. The molecule has 1 N–H and O–H groups in total. The van der Waals surface area contributed by atoms with Gasteiger partial charge in [0.1, 0.15) is 0 Å². The molecule has 0 radical (unpaired) electrons. The summed E-state index contributed by atoms with van der Waals surface area (Å²) in [4.78, 5) is 26.1. The number of anilines is 1. The SMILES string of the molecule is CC(C)CC(=O)NCC(=O)N(Cc1ccccc1)c1ccccc1. The first kappa shape index (κ1) is 17.7. The quantitative estimate of drug-likeness (QED) is 0.849. The number of carbonyl (C=O) groups is 2. The van der Waals surface area contributed by atoms with Gasteiger partial charge in [-0.05, 0) is 23.6 Å². The minimum Gasteiger partial charge on any atom is -0.347 e. The largest absolute Gasteiger partial charge is 0.347 e. The zero-order chi connectivity index (χ0) is 17.4. The van der Waals surface area contributed by atoms with Crippen LogP contribution in [-0.2, 0) is 16.1 Å². The lowest BCUT2D eigenvalue weighted by molar-refractivity contribution is -0.125. The summed E-state index contributed by atoms with van der Waals surface area (Å²) in [5.74, 6) is 0.0582. The molecule has 2 rings (SSSR count). The molecule has 0 unspecified atom stereocenters. The van der Waals surface area contributed by atoms with Crippen LogP contribution in [0.4, 0.5) is 5.69 Å². The summed E-state index contributed by atoms with van der Waals surface area (Å²) in [7, 11) is 0. The summed E-state index contributed by atoms with van der Waals surface area (Å²) in [6.45, 7) is 4.44. The number of hydrogen-bond donors (Lipinski definition) is 1. The molecule has 0 fully saturated rings. The molecule has 24 heavy (non-hydrogen) atoms. The molecule has 0 heterocycles. The highest BCUT2D eigenvalue weighted by Gasteiger charge is 2.17. The molecule has 0 spiro atoms. The van der Waals surface area contributed by atoms with E-state index < -0.39 is 0 Å². The second-order valence-electron chi connectivity index (χ2n) is 6.18. The molecule has 0 saturated heterocycles. The van der Waals surface area contributed by atoms with Crippen LogP contribution in [0.1, 0.15) is 25.8 Å². The lowest BCUT2D eigenvalue weighted by Crippen LogP contribution is -2.40. The fraction of sp³-hybridized carbons (Fsp3) is 0.300. The number of rotatable bonds is 7. The van der Waals surface area contributed by atoms with Crippen LogP contribution in [0.5, 0.6) is 0 Å². The highest BCUT2D eigenvalue weighted by Crippen LogP contribution is 2.17. The van der Waals surface area contributed by atoms with Crippen LogP contribution in [0.15, 0.2) is 60.7 Å². The average molecular weight is 324 g/mol. The summed E-state index contributed by atoms with van der Waals surface area (Å²) in [6, 6.07) is 19.3. The molecular formula is C20H24N2O2. The molecule has 0 aliphatic heterocycles. The summed E-state index contributed by atoms with van der Waals surface area (Å²) < 4.78 is 0. The van der Waals surface area contributed by atoms with E-state index in [9.17, 15) is 9.59 Å². The molecule has 0 atom stereocenters. The van der Waals surface area contributed by atoms with Crippen molar-refractivity contribution < 1.29 is 9.59 Å². The maximum Gasteiger partial charge on any atom is 0.246 e. The highest BCUT2D eigenvalue weighted by atomic mass is 16.2. The van der Waals surface area contributed by atoms with Crippen molar-refractivity contribution in [3.05, 3.63) is 66.2 Å². The smallest absolute Gasteiger partial charge is 0.246 e. The van der Waals surface area contributed by atoms with E-state index in [1.807, 2.05) is 74.5 Å². The van der Waals surface area contributed by atoms with Crippen LogP contribution in [-0.4, -0.2) is 18.4 Å². The first-order valence-electron chi connectivity index (χ1n) is 8.22. The lowest BCUT2D eigenvalue weighted by atomic mass is 10.1. The van der Waals surface area contributed by atoms with Crippen molar-refractivity contribution in [1.82, 2.24) is 5.32 Å². The van der Waals surface area contributed by atoms with E-state index in [-0.39, 0.29) is 24.3 Å². The van der Waals surface area contributed by atoms with Gasteiger partial charge in [-0.2, -0.15) is 0 Å². The standard InChI is InChI=1S/C20H24N2O2/c1-16(2)13-19(23)21-14-20(24)22(18-11-7-4-8-12-18)15-17-9-5-3-6-10-17/h3-12,16H,13-15H2,1-2H3,(H,21,23). The summed E-state index contributed by atoms with van der Waals surface area (Å²) in [5, 5.41) is 2.72. The maximum atomic E-state index is 12.6. The zero-order valence-corrected chi connectivity index (χ0v) is 14.2. The van der Waals surface area contributed by atoms with E-state index in [1.54, 1.807) is 4.90 Å². The Morgan fingerprint density at radius 3 is 2.12 bits per heavy atom. The van der Waals surface area contributed by atoms with Gasteiger partial charge in [0.2, 0.25) is 11.8 Å². The molecule has 0 aliphatic rings. The number of nitrogens with one attached hydrogen (secondary N) is 1. The predicted octanol–water partition coefficient (Wildman–Crippen LogP) is 3.38. The molecule has 0 aromatic heterocycles. The molecule has 2 amide bonds. The Kier molecular flexibility index (Phi) is 6.55. The number of carbonyl (C=O) groups excluding carboxylic acids is 2. The van der Waals surface area contributed by atoms with Crippen LogP contribution in [0.2, 0.25) is 0 Å². The van der Waals surface area contributed by atoms with Crippen LogP contribution in [0, 0.1) is 5.92 Å². The molecule has 4 nitrogen and oxygen atoms in total. The number of nitrogens with zero attached hydrogens (tertiary/aromatic N) is 1. The van der Waals surface area contributed by atoms with E-state index in [4.69, 9.17) is 0 Å². The number of amides is 2. The van der Waals surface area contributed by atoms with Crippen molar-refractivity contribution in [2.75, 3.05) is 11.4 Å². The molecule has 4 heteroatoms. The third-order valence-electron chi connectivity index (χ3n) is 3.58. The van der Waals surface area contributed by atoms with Gasteiger partial charge in [-0.3, -0.25) is 9.59 Å². The Balaban J connectivity index is 2.08. The zero-order valence-electron chi connectivity index (χ0n) is 14.2. The van der Waals surface area contributed by atoms with Gasteiger partial charge in [-0.15, -0.1) is 0 Å². The fourth-order valence-corrected chi connectivity index (χ4v) is 2.41. The Labute approximate surface area is 143 Å². The second kappa shape index (κ2) is 8.87. The highest BCUT2D eigenvalue weighted by molar-refractivity contribution is 5.96. The molecule has 0 aliphatic carbocycles.